The number of piperidine rings is 1. The third-order valence-electron chi connectivity index (χ3n) is 5.40. The summed E-state index contributed by atoms with van der Waals surface area (Å²) in [6.45, 7) is 7.91. The van der Waals surface area contributed by atoms with Gasteiger partial charge in [-0.25, -0.2) is 13.8 Å². The van der Waals surface area contributed by atoms with Gasteiger partial charge in [-0.15, -0.1) is 0 Å². The number of hydrogen-bond acceptors (Lipinski definition) is 3. The maximum absolute atomic E-state index is 13.3. The molecule has 1 aliphatic heterocycles. The van der Waals surface area contributed by atoms with Gasteiger partial charge in [-0.2, -0.15) is 0 Å². The summed E-state index contributed by atoms with van der Waals surface area (Å²) in [6.07, 6.45) is 8.48. The molecule has 0 radical (unpaired) electrons. The van der Waals surface area contributed by atoms with Crippen molar-refractivity contribution in [2.45, 2.75) is 45.5 Å². The molecule has 2 aromatic rings. The topological polar surface area (TPSA) is 64.2 Å². The molecule has 160 valence electrons. The number of halogens is 2. The third kappa shape index (κ3) is 4.45. The highest BCUT2D eigenvalue weighted by Gasteiger charge is 2.35. The Labute approximate surface area is 175 Å². The second kappa shape index (κ2) is 8.81. The molecule has 4 rings (SSSR count). The molecule has 30 heavy (non-hydrogen) atoms. The first-order chi connectivity index (χ1) is 14.3. The molecule has 5 nitrogen and oxygen atoms in total. The van der Waals surface area contributed by atoms with E-state index in [2.05, 4.69) is 11.6 Å². The number of amides is 1. The first-order valence-corrected chi connectivity index (χ1v) is 10.3. The van der Waals surface area contributed by atoms with Crippen LogP contribution >= 0.6 is 0 Å². The Morgan fingerprint density at radius 2 is 1.90 bits per heavy atom. The molecule has 0 atom stereocenters. The highest BCUT2D eigenvalue weighted by Crippen LogP contribution is 2.30. The molecule has 3 heterocycles. The number of hydrogen-bond donors (Lipinski definition) is 1. The van der Waals surface area contributed by atoms with Crippen LogP contribution in [0, 0.1) is 0 Å². The molecule has 0 aromatic carbocycles. The van der Waals surface area contributed by atoms with Crippen molar-refractivity contribution in [3.8, 4) is 0 Å². The minimum absolute atomic E-state index is 0.0683. The van der Waals surface area contributed by atoms with E-state index in [9.17, 15) is 13.6 Å². The van der Waals surface area contributed by atoms with Crippen molar-refractivity contribution in [3.05, 3.63) is 60.1 Å². The molecule has 2 aromatic heterocycles. The summed E-state index contributed by atoms with van der Waals surface area (Å²) in [4.78, 5) is 18.6. The summed E-state index contributed by atoms with van der Waals surface area (Å²) >= 11 is 0. The number of pyridine rings is 1. The lowest BCUT2D eigenvalue weighted by Gasteiger charge is -2.31. The quantitative estimate of drug-likeness (QED) is 0.771. The standard InChI is InChI=1S/C21H22F2N4O.C2H6/c1-14(24)15-2-4-18(5-3-15)27-9-6-16-12-17(13-25-19(16)27)20(28)26-10-7-21(22,23)8-11-26;1-2/h2,4,6,9,12-13H,1,3,5,7-8,10-11,24H2;1-2H3. The van der Waals surface area contributed by atoms with E-state index in [1.165, 1.54) is 11.1 Å². The van der Waals surface area contributed by atoms with Crippen LogP contribution in [0.15, 0.2) is 54.5 Å². The van der Waals surface area contributed by atoms with Crippen LogP contribution < -0.4 is 5.73 Å². The lowest BCUT2D eigenvalue weighted by Crippen LogP contribution is -2.42. The maximum atomic E-state index is 13.3. The van der Waals surface area contributed by atoms with Crippen LogP contribution in [-0.4, -0.2) is 39.4 Å². The second-order valence-electron chi connectivity index (χ2n) is 7.35. The van der Waals surface area contributed by atoms with Gasteiger partial charge < -0.3 is 15.2 Å². The van der Waals surface area contributed by atoms with E-state index in [1.54, 1.807) is 6.07 Å². The third-order valence-corrected chi connectivity index (χ3v) is 5.40. The van der Waals surface area contributed by atoms with Gasteiger partial charge in [0.15, 0.2) is 0 Å². The van der Waals surface area contributed by atoms with Crippen LogP contribution in [-0.2, 0) is 0 Å². The average molecular weight is 415 g/mol. The highest BCUT2D eigenvalue weighted by molar-refractivity contribution is 5.97. The van der Waals surface area contributed by atoms with Crippen molar-refractivity contribution in [1.29, 1.82) is 0 Å². The molecule has 0 unspecified atom stereocenters. The number of allylic oxidation sites excluding steroid dienone is 4. The van der Waals surface area contributed by atoms with Crippen molar-refractivity contribution in [1.82, 2.24) is 14.5 Å². The fraction of sp³-hybridized carbons (Fsp3) is 0.391. The monoisotopic (exact) mass is 414 g/mol. The van der Waals surface area contributed by atoms with Crippen LogP contribution in [0.2, 0.25) is 0 Å². The molecule has 1 aliphatic carbocycles. The summed E-state index contributed by atoms with van der Waals surface area (Å²) in [6, 6.07) is 3.69. The Morgan fingerprint density at radius 3 is 2.50 bits per heavy atom. The van der Waals surface area contributed by atoms with Crippen molar-refractivity contribution >= 4 is 22.6 Å². The van der Waals surface area contributed by atoms with Crippen LogP contribution in [0.5, 0.6) is 0 Å². The highest BCUT2D eigenvalue weighted by atomic mass is 19.3. The van der Waals surface area contributed by atoms with Gasteiger partial charge in [-0.3, -0.25) is 4.79 Å². The lowest BCUT2D eigenvalue weighted by atomic mass is 10.0. The molecule has 2 aliphatic rings. The lowest BCUT2D eigenvalue weighted by molar-refractivity contribution is -0.0494. The predicted octanol–water partition coefficient (Wildman–Crippen LogP) is 4.97. The maximum Gasteiger partial charge on any atom is 0.255 e. The van der Waals surface area contributed by atoms with Gasteiger partial charge in [0.25, 0.3) is 11.8 Å². The fourth-order valence-corrected chi connectivity index (χ4v) is 3.69. The normalized spacial score (nSPS) is 18.2. The molecule has 0 bridgehead atoms. The van der Waals surface area contributed by atoms with Crippen molar-refractivity contribution in [3.63, 3.8) is 0 Å². The van der Waals surface area contributed by atoms with E-state index in [4.69, 9.17) is 5.73 Å². The summed E-state index contributed by atoms with van der Waals surface area (Å²) in [5.41, 5.74) is 9.65. The zero-order valence-electron chi connectivity index (χ0n) is 17.5. The first-order valence-electron chi connectivity index (χ1n) is 10.3. The van der Waals surface area contributed by atoms with E-state index in [0.717, 1.165) is 35.1 Å². The van der Waals surface area contributed by atoms with Crippen LogP contribution in [0.1, 0.15) is 49.9 Å². The number of fused-ring (bicyclic) bond motifs is 1. The molecule has 0 saturated carbocycles. The molecule has 1 fully saturated rings. The van der Waals surface area contributed by atoms with Crippen molar-refractivity contribution in [2.24, 2.45) is 5.73 Å². The Hall–Kier alpha value is -2.96. The summed E-state index contributed by atoms with van der Waals surface area (Å²) in [5.74, 6) is -2.92. The van der Waals surface area contributed by atoms with Gasteiger partial charge in [0.1, 0.15) is 5.65 Å². The minimum Gasteiger partial charge on any atom is -0.399 e. The summed E-state index contributed by atoms with van der Waals surface area (Å²) in [5, 5.41) is 0.840. The first kappa shape index (κ1) is 21.7. The number of aromatic nitrogens is 2. The number of likely N-dealkylation sites (tertiary alicyclic amines) is 1. The summed E-state index contributed by atoms with van der Waals surface area (Å²) < 4.78 is 28.6. The van der Waals surface area contributed by atoms with Gasteiger partial charge in [0, 0.05) is 55.1 Å². The summed E-state index contributed by atoms with van der Waals surface area (Å²) in [7, 11) is 0. The van der Waals surface area contributed by atoms with E-state index in [-0.39, 0.29) is 31.8 Å². The van der Waals surface area contributed by atoms with Gasteiger partial charge >= 0.3 is 0 Å². The predicted molar refractivity (Wildman–Crippen MR) is 116 cm³/mol. The molecular weight excluding hydrogens is 386 g/mol. The van der Waals surface area contributed by atoms with Gasteiger partial charge in [0.05, 0.1) is 5.56 Å². The van der Waals surface area contributed by atoms with Crippen molar-refractivity contribution in [2.75, 3.05) is 13.1 Å². The van der Waals surface area contributed by atoms with Gasteiger partial charge in [0.2, 0.25) is 0 Å². The minimum atomic E-state index is -2.67. The number of carbonyl (C=O) groups excluding carboxylic acids is 1. The fourth-order valence-electron chi connectivity index (χ4n) is 3.69. The van der Waals surface area contributed by atoms with Crippen LogP contribution in [0.4, 0.5) is 8.78 Å². The van der Waals surface area contributed by atoms with E-state index < -0.39 is 5.92 Å². The van der Waals surface area contributed by atoms with E-state index >= 15 is 0 Å². The van der Waals surface area contributed by atoms with Crippen LogP contribution in [0.3, 0.4) is 0 Å². The average Bonchev–Trinajstić information content (AvgIpc) is 3.18. The molecule has 0 spiro atoms. The number of rotatable bonds is 3. The van der Waals surface area contributed by atoms with Crippen LogP contribution in [0.25, 0.3) is 16.7 Å². The van der Waals surface area contributed by atoms with Gasteiger partial charge in [-0.1, -0.05) is 26.5 Å². The molecular formula is C23H28F2N4O. The molecule has 1 amide bonds. The Balaban J connectivity index is 0.00000124. The molecule has 1 saturated heterocycles. The Morgan fingerprint density at radius 1 is 1.20 bits per heavy atom. The van der Waals surface area contributed by atoms with E-state index in [0.29, 0.717) is 11.3 Å². The smallest absolute Gasteiger partial charge is 0.255 e. The number of alkyl halides is 2. The molecule has 7 heteroatoms. The Bertz CT molecular complexity index is 1010. The number of nitrogens with two attached hydrogens (primary N) is 1. The van der Waals surface area contributed by atoms with Gasteiger partial charge in [-0.05, 0) is 36.6 Å². The SMILES string of the molecule is C=C(N)C1=CC=C(n2ccc3cc(C(=O)N4CCC(F)(F)CC4)cnc32)CC1.CC. The largest absolute Gasteiger partial charge is 0.399 e. The number of carbonyl (C=O) groups is 1. The zero-order chi connectivity index (χ0) is 21.9. The van der Waals surface area contributed by atoms with E-state index in [1.807, 2.05) is 42.8 Å². The second-order valence-corrected chi connectivity index (χ2v) is 7.35. The van der Waals surface area contributed by atoms with Crippen molar-refractivity contribution < 1.29 is 13.6 Å². The molecule has 2 N–H and O–H groups in total. The Kier molecular flexibility index (Phi) is 6.39. The number of nitrogens with zero attached hydrogens (tertiary/aromatic N) is 3. The zero-order valence-corrected chi connectivity index (χ0v) is 17.5.